The van der Waals surface area contributed by atoms with E-state index >= 15 is 0 Å². The van der Waals surface area contributed by atoms with E-state index in [1.807, 2.05) is 0 Å². The molecule has 0 aromatic heterocycles. The van der Waals surface area contributed by atoms with Crippen LogP contribution in [0.15, 0.2) is 34.2 Å². The Hall–Kier alpha value is -2.13. The van der Waals surface area contributed by atoms with Crippen LogP contribution in [0.5, 0.6) is 0 Å². The van der Waals surface area contributed by atoms with Crippen LogP contribution >= 0.6 is 0 Å². The Labute approximate surface area is 160 Å². The molecule has 1 aliphatic heterocycles. The third-order valence-corrected chi connectivity index (χ3v) is 6.47. The van der Waals surface area contributed by atoms with Crippen LogP contribution in [0.3, 0.4) is 0 Å². The summed E-state index contributed by atoms with van der Waals surface area (Å²) in [6, 6.07) is 6.51. The molecule has 0 bridgehead atoms. The van der Waals surface area contributed by atoms with Crippen LogP contribution < -0.4 is 15.4 Å². The quantitative estimate of drug-likeness (QED) is 0.722. The Morgan fingerprint density at radius 1 is 1.22 bits per heavy atom. The van der Waals surface area contributed by atoms with Crippen molar-refractivity contribution < 1.29 is 13.2 Å². The van der Waals surface area contributed by atoms with Crippen molar-refractivity contribution in [1.82, 2.24) is 14.9 Å². The smallest absolute Gasteiger partial charge is 0.264 e. The number of carbonyl (C=O) groups excluding carboxylic acids is 1. The van der Waals surface area contributed by atoms with Gasteiger partial charge in [0.1, 0.15) is 0 Å². The molecule has 3 N–H and O–H groups in total. The summed E-state index contributed by atoms with van der Waals surface area (Å²) in [6.07, 6.45) is 4.93. The average Bonchev–Trinajstić information content (AvgIpc) is 2.63. The van der Waals surface area contributed by atoms with Gasteiger partial charge < -0.3 is 10.6 Å². The lowest BCUT2D eigenvalue weighted by molar-refractivity contribution is -0.114. The van der Waals surface area contributed by atoms with Crippen LogP contribution in [0.25, 0.3) is 0 Å². The number of hydrogen-bond acceptors (Lipinski definition) is 6. The number of aliphatic imine (C=N–C) groups is 1. The van der Waals surface area contributed by atoms with Crippen LogP contribution in [0.4, 0.5) is 5.69 Å². The van der Waals surface area contributed by atoms with Gasteiger partial charge in [0.05, 0.1) is 18.2 Å². The normalized spacial score (nSPS) is 23.9. The van der Waals surface area contributed by atoms with Gasteiger partial charge in [-0.15, -0.1) is 0 Å². The van der Waals surface area contributed by atoms with Crippen molar-refractivity contribution in [2.45, 2.75) is 50.5 Å². The molecule has 0 spiro atoms. The number of amides is 1. The molecule has 9 heteroatoms. The van der Waals surface area contributed by atoms with Gasteiger partial charge in [-0.2, -0.15) is 0 Å². The van der Waals surface area contributed by atoms with E-state index in [0.29, 0.717) is 31.0 Å². The Kier molecular flexibility index (Phi) is 6.01. The first-order valence-electron chi connectivity index (χ1n) is 9.28. The zero-order valence-electron chi connectivity index (χ0n) is 15.7. The van der Waals surface area contributed by atoms with Crippen molar-refractivity contribution in [3.63, 3.8) is 0 Å². The first-order chi connectivity index (χ1) is 12.8. The van der Waals surface area contributed by atoms with Gasteiger partial charge in [0.2, 0.25) is 11.9 Å². The molecule has 1 aromatic rings. The Balaban J connectivity index is 1.62. The van der Waals surface area contributed by atoms with Gasteiger partial charge in [0.25, 0.3) is 10.0 Å². The summed E-state index contributed by atoms with van der Waals surface area (Å²) < 4.78 is 27.6. The molecule has 1 aliphatic carbocycles. The number of nitrogens with one attached hydrogen (secondary N) is 3. The summed E-state index contributed by atoms with van der Waals surface area (Å²) >= 11 is 0. The maximum absolute atomic E-state index is 12.5. The molecule has 27 heavy (non-hydrogen) atoms. The number of hydrogen-bond donors (Lipinski definition) is 3. The second-order valence-electron chi connectivity index (χ2n) is 7.21. The number of sulfonamides is 1. The van der Waals surface area contributed by atoms with Crippen LogP contribution in [0.2, 0.25) is 0 Å². The van der Waals surface area contributed by atoms with Crippen molar-refractivity contribution in [2.75, 3.05) is 18.7 Å². The molecule has 2 aliphatic rings. The number of guanidine groups is 1. The molecule has 3 rings (SSSR count). The van der Waals surface area contributed by atoms with Gasteiger partial charge in [-0.1, -0.05) is 19.8 Å². The van der Waals surface area contributed by atoms with E-state index in [2.05, 4.69) is 32.2 Å². The minimum Gasteiger partial charge on any atom is -0.343 e. The van der Waals surface area contributed by atoms with Gasteiger partial charge in [0, 0.05) is 18.7 Å². The van der Waals surface area contributed by atoms with Gasteiger partial charge in [-0.05, 0) is 43.0 Å². The first kappa shape index (κ1) is 19.6. The molecule has 1 fully saturated rings. The van der Waals surface area contributed by atoms with E-state index < -0.39 is 10.0 Å². The van der Waals surface area contributed by atoms with Crippen LogP contribution in [-0.2, 0) is 14.8 Å². The molecule has 0 saturated heterocycles. The van der Waals surface area contributed by atoms with Gasteiger partial charge in [-0.25, -0.2) is 18.1 Å². The highest BCUT2D eigenvalue weighted by molar-refractivity contribution is 7.90. The van der Waals surface area contributed by atoms with Crippen molar-refractivity contribution in [1.29, 1.82) is 0 Å². The molecule has 2 atom stereocenters. The number of anilines is 1. The zero-order chi connectivity index (χ0) is 19.4. The van der Waals surface area contributed by atoms with E-state index in [1.165, 1.54) is 44.7 Å². The SMILES string of the molecule is CC(=O)Nc1ccc(S(=O)(=O)NC2=NCN([C@H]3CCCC[C@H]3C)CN2)cc1. The lowest BCUT2D eigenvalue weighted by atomic mass is 9.85. The van der Waals surface area contributed by atoms with E-state index in [0.717, 1.165) is 0 Å². The molecular formula is C18H27N5O3S. The van der Waals surface area contributed by atoms with Crippen molar-refractivity contribution in [2.24, 2.45) is 10.9 Å². The molecule has 0 unspecified atom stereocenters. The van der Waals surface area contributed by atoms with E-state index in [-0.39, 0.29) is 16.8 Å². The van der Waals surface area contributed by atoms with Gasteiger partial charge in [-0.3, -0.25) is 9.69 Å². The molecule has 8 nitrogen and oxygen atoms in total. The monoisotopic (exact) mass is 393 g/mol. The lowest BCUT2D eigenvalue weighted by Gasteiger charge is -2.39. The minimum atomic E-state index is -3.73. The summed E-state index contributed by atoms with van der Waals surface area (Å²) in [5.74, 6) is 0.693. The fraction of sp³-hybridized carbons (Fsp3) is 0.556. The lowest BCUT2D eigenvalue weighted by Crippen LogP contribution is -2.54. The van der Waals surface area contributed by atoms with Gasteiger partial charge >= 0.3 is 0 Å². The topological polar surface area (TPSA) is 103 Å². The largest absolute Gasteiger partial charge is 0.343 e. The standard InChI is InChI=1S/C18H27N5O3S/c1-13-5-3-4-6-17(13)23-11-19-18(20-12-23)22-27(25,26)16-9-7-15(8-10-16)21-14(2)24/h7-10,13,17H,3-6,11-12H2,1-2H3,(H,21,24)(H2,19,20,22)/t13-,17+/m1/s1. The number of nitrogens with zero attached hydrogens (tertiary/aromatic N) is 2. The average molecular weight is 394 g/mol. The molecule has 1 aromatic carbocycles. The predicted molar refractivity (Wildman–Crippen MR) is 105 cm³/mol. The Morgan fingerprint density at radius 3 is 2.52 bits per heavy atom. The Morgan fingerprint density at radius 2 is 1.93 bits per heavy atom. The van der Waals surface area contributed by atoms with Gasteiger partial charge in [0.15, 0.2) is 0 Å². The second-order valence-corrected chi connectivity index (χ2v) is 8.89. The number of carbonyl (C=O) groups is 1. The van der Waals surface area contributed by atoms with Crippen LogP contribution in [-0.4, -0.2) is 44.6 Å². The summed E-state index contributed by atoms with van der Waals surface area (Å²) in [4.78, 5) is 17.8. The fourth-order valence-electron chi connectivity index (χ4n) is 3.68. The third kappa shape index (κ3) is 4.98. The van der Waals surface area contributed by atoms with Crippen LogP contribution in [0, 0.1) is 5.92 Å². The third-order valence-electron chi connectivity index (χ3n) is 5.11. The number of rotatable bonds is 4. The summed E-state index contributed by atoms with van der Waals surface area (Å²) in [5.41, 5.74) is 0.548. The maximum Gasteiger partial charge on any atom is 0.264 e. The summed E-state index contributed by atoms with van der Waals surface area (Å²) in [6.45, 7) is 4.74. The molecular weight excluding hydrogens is 366 g/mol. The van der Waals surface area contributed by atoms with E-state index in [1.54, 1.807) is 12.1 Å². The first-order valence-corrected chi connectivity index (χ1v) is 10.8. The minimum absolute atomic E-state index is 0.115. The maximum atomic E-state index is 12.5. The summed E-state index contributed by atoms with van der Waals surface area (Å²) in [5, 5.41) is 5.69. The highest BCUT2D eigenvalue weighted by atomic mass is 32.2. The van der Waals surface area contributed by atoms with Crippen LogP contribution in [0.1, 0.15) is 39.5 Å². The molecule has 148 valence electrons. The number of benzene rings is 1. The van der Waals surface area contributed by atoms with Crippen molar-refractivity contribution in [3.8, 4) is 0 Å². The van der Waals surface area contributed by atoms with Crippen molar-refractivity contribution in [3.05, 3.63) is 24.3 Å². The van der Waals surface area contributed by atoms with Crippen molar-refractivity contribution >= 4 is 27.6 Å². The molecule has 1 amide bonds. The predicted octanol–water partition coefficient (Wildman–Crippen LogP) is 1.68. The van der Waals surface area contributed by atoms with E-state index in [9.17, 15) is 13.2 Å². The highest BCUT2D eigenvalue weighted by Crippen LogP contribution is 2.28. The molecule has 0 radical (unpaired) electrons. The Bertz CT molecular complexity index is 807. The fourth-order valence-corrected chi connectivity index (χ4v) is 4.68. The zero-order valence-corrected chi connectivity index (χ0v) is 16.6. The second kappa shape index (κ2) is 8.26. The molecule has 1 heterocycles. The summed E-state index contributed by atoms with van der Waals surface area (Å²) in [7, 11) is -3.73. The molecule has 1 saturated carbocycles. The highest BCUT2D eigenvalue weighted by Gasteiger charge is 2.29. The van der Waals surface area contributed by atoms with E-state index in [4.69, 9.17) is 0 Å².